The molecule has 3 nitrogen and oxygen atoms in total. The van der Waals surface area contributed by atoms with E-state index in [-0.39, 0.29) is 11.3 Å². The summed E-state index contributed by atoms with van der Waals surface area (Å²) in [5.41, 5.74) is 0.113. The molecule has 13 heavy (non-hydrogen) atoms. The Bertz CT molecular complexity index is 299. The summed E-state index contributed by atoms with van der Waals surface area (Å²) in [4.78, 5) is 0. The monoisotopic (exact) mass is 186 g/mol. The molecular weight excluding hydrogens is 175 g/mol. The first kappa shape index (κ1) is 9.80. The Labute approximate surface area is 75.7 Å². The predicted octanol–water partition coefficient (Wildman–Crippen LogP) is 1.34. The summed E-state index contributed by atoms with van der Waals surface area (Å²) in [5.74, 6) is -0.157. The van der Waals surface area contributed by atoms with Crippen LogP contribution in [-0.4, -0.2) is 19.3 Å². The molecule has 0 bridgehead atoms. The van der Waals surface area contributed by atoms with E-state index in [1.807, 2.05) is 0 Å². The van der Waals surface area contributed by atoms with Crippen LogP contribution in [0.3, 0.4) is 0 Å². The second kappa shape index (κ2) is 4.09. The molecule has 0 amide bonds. The minimum absolute atomic E-state index is 0.102. The molecule has 0 radical (unpaired) electrons. The van der Waals surface area contributed by atoms with Crippen molar-refractivity contribution in [3.05, 3.63) is 23.5 Å². The van der Waals surface area contributed by atoms with Crippen LogP contribution in [0.15, 0.2) is 12.1 Å². The van der Waals surface area contributed by atoms with Gasteiger partial charge >= 0.3 is 0 Å². The average molecular weight is 186 g/mol. The largest absolute Gasteiger partial charge is 0.496 e. The van der Waals surface area contributed by atoms with Crippen molar-refractivity contribution in [1.82, 2.24) is 0 Å². The first-order valence-corrected chi connectivity index (χ1v) is 3.74. The Hall–Kier alpha value is -1.29. The van der Waals surface area contributed by atoms with Gasteiger partial charge in [0.2, 0.25) is 0 Å². The minimum Gasteiger partial charge on any atom is -0.496 e. The maximum atomic E-state index is 13.4. The minimum atomic E-state index is -0.579. The first-order valence-electron chi connectivity index (χ1n) is 3.74. The standard InChI is InChI=1S/C9H11FO3/c1-12-7-3-4-8(13-2)9(10)6(7)5-11/h3-4,11H,5H2,1-2H3. The molecule has 0 saturated heterocycles. The molecule has 1 N–H and O–H groups in total. The van der Waals surface area contributed by atoms with Crippen LogP contribution in [0.4, 0.5) is 4.39 Å². The zero-order valence-corrected chi connectivity index (χ0v) is 7.50. The van der Waals surface area contributed by atoms with Crippen molar-refractivity contribution in [1.29, 1.82) is 0 Å². The summed E-state index contributed by atoms with van der Waals surface area (Å²) < 4.78 is 23.0. The van der Waals surface area contributed by atoms with E-state index >= 15 is 0 Å². The number of aliphatic hydroxyl groups excluding tert-OH is 1. The Morgan fingerprint density at radius 2 is 1.77 bits per heavy atom. The van der Waals surface area contributed by atoms with Gasteiger partial charge in [0.15, 0.2) is 11.6 Å². The second-order valence-corrected chi connectivity index (χ2v) is 2.42. The highest BCUT2D eigenvalue weighted by Crippen LogP contribution is 2.28. The molecule has 0 unspecified atom stereocenters. The van der Waals surface area contributed by atoms with Crippen LogP contribution in [-0.2, 0) is 6.61 Å². The predicted molar refractivity (Wildman–Crippen MR) is 45.4 cm³/mol. The van der Waals surface area contributed by atoms with Crippen LogP contribution in [0.1, 0.15) is 5.56 Å². The molecule has 0 heterocycles. The topological polar surface area (TPSA) is 38.7 Å². The van der Waals surface area contributed by atoms with Gasteiger partial charge in [-0.15, -0.1) is 0 Å². The van der Waals surface area contributed by atoms with Gasteiger partial charge in [0.05, 0.1) is 26.4 Å². The fraction of sp³-hybridized carbons (Fsp3) is 0.333. The maximum Gasteiger partial charge on any atom is 0.174 e. The van der Waals surface area contributed by atoms with Crippen LogP contribution >= 0.6 is 0 Å². The number of halogens is 1. The summed E-state index contributed by atoms with van der Waals surface area (Å²) >= 11 is 0. The third-order valence-corrected chi connectivity index (χ3v) is 1.76. The lowest BCUT2D eigenvalue weighted by Crippen LogP contribution is -1.98. The molecule has 1 rings (SSSR count). The quantitative estimate of drug-likeness (QED) is 0.774. The van der Waals surface area contributed by atoms with E-state index in [0.29, 0.717) is 5.75 Å². The molecule has 4 heteroatoms. The number of hydrogen-bond acceptors (Lipinski definition) is 3. The van der Waals surface area contributed by atoms with Crippen LogP contribution in [0.25, 0.3) is 0 Å². The molecule has 0 aromatic heterocycles. The van der Waals surface area contributed by atoms with E-state index < -0.39 is 12.4 Å². The zero-order valence-electron chi connectivity index (χ0n) is 7.50. The van der Waals surface area contributed by atoms with Gasteiger partial charge in [0.25, 0.3) is 0 Å². The molecule has 0 aliphatic carbocycles. The molecule has 1 aromatic carbocycles. The Kier molecular flexibility index (Phi) is 3.08. The fourth-order valence-corrected chi connectivity index (χ4v) is 1.08. The van der Waals surface area contributed by atoms with Crippen LogP contribution in [0.5, 0.6) is 11.5 Å². The van der Waals surface area contributed by atoms with Crippen molar-refractivity contribution >= 4 is 0 Å². The van der Waals surface area contributed by atoms with E-state index in [0.717, 1.165) is 0 Å². The summed E-state index contributed by atoms with van der Waals surface area (Å²) in [6.07, 6.45) is 0. The Morgan fingerprint density at radius 1 is 1.23 bits per heavy atom. The number of hydrogen-bond donors (Lipinski definition) is 1. The number of ether oxygens (including phenoxy) is 2. The van der Waals surface area contributed by atoms with Gasteiger partial charge in [-0.3, -0.25) is 0 Å². The molecule has 0 atom stereocenters. The lowest BCUT2D eigenvalue weighted by Gasteiger charge is -2.09. The van der Waals surface area contributed by atoms with Crippen LogP contribution in [0.2, 0.25) is 0 Å². The van der Waals surface area contributed by atoms with Crippen molar-refractivity contribution in [3.63, 3.8) is 0 Å². The zero-order chi connectivity index (χ0) is 9.84. The highest BCUT2D eigenvalue weighted by molar-refractivity contribution is 5.41. The third-order valence-electron chi connectivity index (χ3n) is 1.76. The summed E-state index contributed by atoms with van der Waals surface area (Å²) in [7, 11) is 2.78. The molecule has 0 aliphatic rings. The Balaban J connectivity index is 3.23. The maximum absolute atomic E-state index is 13.4. The van der Waals surface area contributed by atoms with E-state index in [1.165, 1.54) is 20.3 Å². The summed E-state index contributed by atoms with van der Waals surface area (Å²) in [6, 6.07) is 3.00. The summed E-state index contributed by atoms with van der Waals surface area (Å²) in [6.45, 7) is -0.411. The highest BCUT2D eigenvalue weighted by Gasteiger charge is 2.13. The number of methoxy groups -OCH3 is 2. The van der Waals surface area contributed by atoms with Gasteiger partial charge < -0.3 is 14.6 Å². The number of aliphatic hydroxyl groups is 1. The van der Waals surface area contributed by atoms with Gasteiger partial charge in [-0.2, -0.15) is 0 Å². The van der Waals surface area contributed by atoms with Gasteiger partial charge in [-0.05, 0) is 12.1 Å². The molecule has 1 aromatic rings. The summed E-state index contributed by atoms with van der Waals surface area (Å²) in [5, 5.41) is 8.87. The highest BCUT2D eigenvalue weighted by atomic mass is 19.1. The van der Waals surface area contributed by atoms with Crippen molar-refractivity contribution in [2.75, 3.05) is 14.2 Å². The number of benzene rings is 1. The normalized spacial score (nSPS) is 9.85. The van der Waals surface area contributed by atoms with E-state index in [2.05, 4.69) is 0 Å². The lowest BCUT2D eigenvalue weighted by atomic mass is 10.2. The molecule has 0 spiro atoms. The van der Waals surface area contributed by atoms with Crippen LogP contribution < -0.4 is 9.47 Å². The van der Waals surface area contributed by atoms with Gasteiger partial charge in [0, 0.05) is 0 Å². The molecule has 0 saturated carbocycles. The van der Waals surface area contributed by atoms with E-state index in [1.54, 1.807) is 6.07 Å². The van der Waals surface area contributed by atoms with Crippen molar-refractivity contribution in [3.8, 4) is 11.5 Å². The average Bonchev–Trinajstić information content (AvgIpc) is 2.17. The van der Waals surface area contributed by atoms with Crippen molar-refractivity contribution in [2.45, 2.75) is 6.61 Å². The van der Waals surface area contributed by atoms with Crippen molar-refractivity contribution in [2.24, 2.45) is 0 Å². The van der Waals surface area contributed by atoms with Gasteiger partial charge in [-0.25, -0.2) is 4.39 Å². The van der Waals surface area contributed by atoms with Crippen molar-refractivity contribution < 1.29 is 19.0 Å². The molecular formula is C9H11FO3. The smallest absolute Gasteiger partial charge is 0.174 e. The van der Waals surface area contributed by atoms with E-state index in [9.17, 15) is 4.39 Å². The van der Waals surface area contributed by atoms with Gasteiger partial charge in [0.1, 0.15) is 5.75 Å². The molecule has 0 fully saturated rings. The number of rotatable bonds is 3. The molecule has 0 aliphatic heterocycles. The lowest BCUT2D eigenvalue weighted by molar-refractivity contribution is 0.263. The second-order valence-electron chi connectivity index (χ2n) is 2.42. The molecule has 72 valence electrons. The SMILES string of the molecule is COc1ccc(OC)c(CO)c1F. The van der Waals surface area contributed by atoms with Gasteiger partial charge in [-0.1, -0.05) is 0 Å². The fourth-order valence-electron chi connectivity index (χ4n) is 1.08. The van der Waals surface area contributed by atoms with E-state index in [4.69, 9.17) is 14.6 Å². The first-order chi connectivity index (χ1) is 6.24. The third kappa shape index (κ3) is 1.72. The Morgan fingerprint density at radius 3 is 2.23 bits per heavy atom. The van der Waals surface area contributed by atoms with Crippen LogP contribution in [0, 0.1) is 5.82 Å².